The van der Waals surface area contributed by atoms with Crippen molar-refractivity contribution < 1.29 is 9.50 Å². The Hall–Kier alpha value is -1.41. The maximum Gasteiger partial charge on any atom is 0.131 e. The molecule has 0 bridgehead atoms. The molecule has 0 aromatic heterocycles. The van der Waals surface area contributed by atoms with Gasteiger partial charge in [-0.2, -0.15) is 0 Å². The first-order valence-corrected chi connectivity index (χ1v) is 6.15. The van der Waals surface area contributed by atoms with E-state index in [2.05, 4.69) is 0 Å². The van der Waals surface area contributed by atoms with Gasteiger partial charge >= 0.3 is 0 Å². The number of aliphatic hydroxyl groups is 1. The molecule has 0 saturated heterocycles. The van der Waals surface area contributed by atoms with Crippen molar-refractivity contribution in [2.24, 2.45) is 0 Å². The molecule has 1 atom stereocenters. The van der Waals surface area contributed by atoms with Crippen molar-refractivity contribution in [1.29, 1.82) is 0 Å². The molecule has 1 aliphatic carbocycles. The Labute approximate surface area is 99.9 Å². The van der Waals surface area contributed by atoms with E-state index < -0.39 is 6.10 Å². The summed E-state index contributed by atoms with van der Waals surface area (Å²) in [5.41, 5.74) is 1.92. The zero-order valence-electron chi connectivity index (χ0n) is 9.62. The minimum atomic E-state index is -0.508. The predicted octanol–water partition coefficient (Wildman–Crippen LogP) is 3.74. The third-order valence-corrected chi connectivity index (χ3v) is 3.65. The minimum Gasteiger partial charge on any atom is -0.388 e. The summed E-state index contributed by atoms with van der Waals surface area (Å²) in [7, 11) is 0. The van der Waals surface area contributed by atoms with Crippen LogP contribution in [0.15, 0.2) is 30.3 Å². The topological polar surface area (TPSA) is 20.2 Å². The fraction of sp³-hybridized carbons (Fsp3) is 0.333. The Morgan fingerprint density at radius 1 is 1.12 bits per heavy atom. The van der Waals surface area contributed by atoms with Crippen molar-refractivity contribution >= 4 is 10.8 Å². The molecule has 0 amide bonds. The van der Waals surface area contributed by atoms with Gasteiger partial charge in [0.1, 0.15) is 5.82 Å². The van der Waals surface area contributed by atoms with Crippen molar-refractivity contribution in [1.82, 2.24) is 0 Å². The molecule has 0 spiro atoms. The molecule has 1 nitrogen and oxygen atoms in total. The van der Waals surface area contributed by atoms with Crippen LogP contribution < -0.4 is 0 Å². The lowest BCUT2D eigenvalue weighted by molar-refractivity contribution is 0.166. The van der Waals surface area contributed by atoms with Gasteiger partial charge in [0.05, 0.1) is 6.10 Å². The third kappa shape index (κ3) is 1.73. The summed E-state index contributed by atoms with van der Waals surface area (Å²) in [6.07, 6.45) is 3.25. The normalized spacial score (nSPS) is 20.0. The summed E-state index contributed by atoms with van der Waals surface area (Å²) in [6.45, 7) is 0. The van der Waals surface area contributed by atoms with Crippen LogP contribution in [-0.4, -0.2) is 5.11 Å². The van der Waals surface area contributed by atoms with Crippen LogP contribution in [0.4, 0.5) is 4.39 Å². The Morgan fingerprint density at radius 2 is 1.88 bits per heavy atom. The fourth-order valence-electron chi connectivity index (χ4n) is 2.78. The molecular weight excluding hydrogens is 215 g/mol. The highest BCUT2D eigenvalue weighted by Crippen LogP contribution is 2.34. The van der Waals surface area contributed by atoms with Gasteiger partial charge < -0.3 is 5.11 Å². The molecule has 1 unspecified atom stereocenters. The van der Waals surface area contributed by atoms with Crippen molar-refractivity contribution in [3.63, 3.8) is 0 Å². The Morgan fingerprint density at radius 3 is 2.71 bits per heavy atom. The summed E-state index contributed by atoms with van der Waals surface area (Å²) in [4.78, 5) is 0. The average Bonchev–Trinajstić information content (AvgIpc) is 2.53. The quantitative estimate of drug-likeness (QED) is 0.683. The molecule has 2 aromatic carbocycles. The van der Waals surface area contributed by atoms with Crippen molar-refractivity contribution in [2.75, 3.05) is 0 Å². The van der Waals surface area contributed by atoms with E-state index in [4.69, 9.17) is 0 Å². The number of hydrogen-bond acceptors (Lipinski definition) is 1. The van der Waals surface area contributed by atoms with Crippen LogP contribution in [0, 0.1) is 5.82 Å². The summed E-state index contributed by atoms with van der Waals surface area (Å²) in [6, 6.07) is 9.06. The van der Waals surface area contributed by atoms with Crippen molar-refractivity contribution in [2.45, 2.75) is 31.8 Å². The van der Waals surface area contributed by atoms with E-state index in [1.54, 1.807) is 0 Å². The monoisotopic (exact) mass is 230 g/mol. The second-order valence-electron chi connectivity index (χ2n) is 4.73. The molecule has 3 rings (SSSR count). The molecule has 0 heterocycles. The number of hydrogen-bond donors (Lipinski definition) is 1. The summed E-state index contributed by atoms with van der Waals surface area (Å²) >= 11 is 0. The highest BCUT2D eigenvalue weighted by atomic mass is 19.1. The number of halogens is 1. The van der Waals surface area contributed by atoms with Gasteiger partial charge in [0, 0.05) is 5.39 Å². The fourth-order valence-corrected chi connectivity index (χ4v) is 2.78. The highest BCUT2D eigenvalue weighted by Gasteiger charge is 2.20. The standard InChI is InChI=1S/C15H15FO/c16-14-9-13-11(6-3-4-8-15(13)17)10-5-1-2-7-12(10)14/h1-2,5,7,9,15,17H,3-4,6,8H2. The van der Waals surface area contributed by atoms with Crippen LogP contribution in [0.3, 0.4) is 0 Å². The number of fused-ring (bicyclic) bond motifs is 3. The Kier molecular flexibility index (Phi) is 2.60. The second kappa shape index (κ2) is 4.11. The van der Waals surface area contributed by atoms with Crippen LogP contribution in [0.5, 0.6) is 0 Å². The maximum atomic E-state index is 14.0. The molecule has 2 aromatic rings. The zero-order chi connectivity index (χ0) is 11.8. The molecule has 0 fully saturated rings. The molecule has 0 radical (unpaired) electrons. The van der Waals surface area contributed by atoms with Gasteiger partial charge in [0.2, 0.25) is 0 Å². The van der Waals surface area contributed by atoms with Crippen LogP contribution in [-0.2, 0) is 6.42 Å². The Balaban J connectivity index is 2.34. The van der Waals surface area contributed by atoms with Crippen molar-refractivity contribution in [3.05, 3.63) is 47.3 Å². The van der Waals surface area contributed by atoms with Gasteiger partial charge in [0.15, 0.2) is 0 Å². The molecular formula is C15H15FO. The lowest BCUT2D eigenvalue weighted by Crippen LogP contribution is -2.01. The second-order valence-corrected chi connectivity index (χ2v) is 4.73. The lowest BCUT2D eigenvalue weighted by atomic mass is 9.94. The average molecular weight is 230 g/mol. The lowest BCUT2D eigenvalue weighted by Gasteiger charge is -2.14. The van der Waals surface area contributed by atoms with E-state index in [0.29, 0.717) is 5.39 Å². The minimum absolute atomic E-state index is 0.222. The van der Waals surface area contributed by atoms with Crippen molar-refractivity contribution in [3.8, 4) is 0 Å². The first-order valence-electron chi connectivity index (χ1n) is 6.15. The van der Waals surface area contributed by atoms with E-state index in [1.807, 2.05) is 24.3 Å². The SMILES string of the molecule is OC1CCCCc2c1cc(F)c1ccccc21. The van der Waals surface area contributed by atoms with E-state index in [-0.39, 0.29) is 5.82 Å². The van der Waals surface area contributed by atoms with Gasteiger partial charge in [-0.3, -0.25) is 0 Å². The molecule has 17 heavy (non-hydrogen) atoms. The summed E-state index contributed by atoms with van der Waals surface area (Å²) in [5, 5.41) is 11.7. The Bertz CT molecular complexity index is 562. The molecule has 88 valence electrons. The smallest absolute Gasteiger partial charge is 0.131 e. The summed E-state index contributed by atoms with van der Waals surface area (Å²) < 4.78 is 14.0. The molecule has 1 aliphatic rings. The predicted molar refractivity (Wildman–Crippen MR) is 66.4 cm³/mol. The zero-order valence-corrected chi connectivity index (χ0v) is 9.62. The number of benzene rings is 2. The van der Waals surface area contributed by atoms with E-state index in [0.717, 1.165) is 42.2 Å². The van der Waals surface area contributed by atoms with Crippen LogP contribution in [0.2, 0.25) is 0 Å². The van der Waals surface area contributed by atoms with Crippen LogP contribution >= 0.6 is 0 Å². The van der Waals surface area contributed by atoms with Gasteiger partial charge in [-0.15, -0.1) is 0 Å². The molecule has 0 saturated carbocycles. The molecule has 2 heteroatoms. The van der Waals surface area contributed by atoms with Gasteiger partial charge in [0.25, 0.3) is 0 Å². The summed E-state index contributed by atoms with van der Waals surface area (Å²) in [5.74, 6) is -0.222. The first kappa shape index (κ1) is 10.7. The highest BCUT2D eigenvalue weighted by molar-refractivity contribution is 5.87. The van der Waals surface area contributed by atoms with E-state index in [9.17, 15) is 9.50 Å². The van der Waals surface area contributed by atoms with Gasteiger partial charge in [-0.25, -0.2) is 4.39 Å². The van der Waals surface area contributed by atoms with Crippen LogP contribution in [0.25, 0.3) is 10.8 Å². The van der Waals surface area contributed by atoms with Gasteiger partial charge in [-0.05, 0) is 41.8 Å². The number of aryl methyl sites for hydroxylation is 1. The number of aliphatic hydroxyl groups excluding tert-OH is 1. The van der Waals surface area contributed by atoms with Gasteiger partial charge in [-0.1, -0.05) is 30.7 Å². The molecule has 1 N–H and O–H groups in total. The molecule has 0 aliphatic heterocycles. The third-order valence-electron chi connectivity index (χ3n) is 3.65. The number of rotatable bonds is 0. The van der Waals surface area contributed by atoms with Crippen LogP contribution in [0.1, 0.15) is 36.5 Å². The van der Waals surface area contributed by atoms with E-state index >= 15 is 0 Å². The maximum absolute atomic E-state index is 14.0. The largest absolute Gasteiger partial charge is 0.388 e. The van der Waals surface area contributed by atoms with E-state index in [1.165, 1.54) is 6.07 Å². The first-order chi connectivity index (χ1) is 8.27.